The molecule has 0 spiro atoms. The number of nitrogens with zero attached hydrogens (tertiary/aromatic N) is 1. The normalized spacial score (nSPS) is 34.8. The zero-order valence-corrected chi connectivity index (χ0v) is 11.9. The van der Waals surface area contributed by atoms with Crippen molar-refractivity contribution in [1.82, 2.24) is 10.2 Å². The van der Waals surface area contributed by atoms with E-state index in [1.165, 1.54) is 51.6 Å². The van der Waals surface area contributed by atoms with E-state index in [1.54, 1.807) is 0 Å². The third kappa shape index (κ3) is 3.69. The number of nitrogens with one attached hydrogen (secondary N) is 1. The molecule has 3 unspecified atom stereocenters. The fourth-order valence-corrected chi connectivity index (χ4v) is 3.62. The SMILES string of the molecule is CC(C)C1CCCC(N(C)CC2CCCN2)C1. The summed E-state index contributed by atoms with van der Waals surface area (Å²) in [5.74, 6) is 1.84. The molecule has 1 heterocycles. The van der Waals surface area contributed by atoms with Crippen LogP contribution in [0.3, 0.4) is 0 Å². The van der Waals surface area contributed by atoms with E-state index in [4.69, 9.17) is 0 Å². The van der Waals surface area contributed by atoms with Crippen LogP contribution in [0.4, 0.5) is 0 Å². The molecule has 2 aliphatic rings. The Morgan fingerprint density at radius 1 is 1.18 bits per heavy atom. The highest BCUT2D eigenvalue weighted by Crippen LogP contribution is 2.32. The van der Waals surface area contributed by atoms with Crippen LogP contribution < -0.4 is 5.32 Å². The smallest absolute Gasteiger partial charge is 0.0195 e. The Kier molecular flexibility index (Phi) is 4.87. The molecule has 1 saturated carbocycles. The lowest BCUT2D eigenvalue weighted by Crippen LogP contribution is -2.43. The summed E-state index contributed by atoms with van der Waals surface area (Å²) in [6.45, 7) is 7.28. The van der Waals surface area contributed by atoms with Gasteiger partial charge in [-0.05, 0) is 51.1 Å². The topological polar surface area (TPSA) is 15.3 Å². The Morgan fingerprint density at radius 2 is 2.00 bits per heavy atom. The number of hydrogen-bond donors (Lipinski definition) is 1. The standard InChI is InChI=1S/C15H30N2/c1-12(2)13-6-4-8-15(10-13)17(3)11-14-7-5-9-16-14/h12-16H,4-11H2,1-3H3. The van der Waals surface area contributed by atoms with Gasteiger partial charge in [0, 0.05) is 18.6 Å². The van der Waals surface area contributed by atoms with Crippen molar-refractivity contribution in [3.63, 3.8) is 0 Å². The summed E-state index contributed by atoms with van der Waals surface area (Å²) in [5, 5.41) is 3.62. The molecule has 2 fully saturated rings. The molecule has 0 amide bonds. The minimum Gasteiger partial charge on any atom is -0.313 e. The summed E-state index contributed by atoms with van der Waals surface area (Å²) in [4.78, 5) is 2.64. The van der Waals surface area contributed by atoms with Gasteiger partial charge in [-0.25, -0.2) is 0 Å². The minimum absolute atomic E-state index is 0.763. The lowest BCUT2D eigenvalue weighted by Gasteiger charge is -2.38. The molecule has 0 aromatic carbocycles. The summed E-state index contributed by atoms with van der Waals surface area (Å²) < 4.78 is 0. The number of likely N-dealkylation sites (N-methyl/N-ethyl adjacent to an activating group) is 1. The quantitative estimate of drug-likeness (QED) is 0.810. The summed E-state index contributed by atoms with van der Waals surface area (Å²) >= 11 is 0. The Morgan fingerprint density at radius 3 is 2.65 bits per heavy atom. The molecular weight excluding hydrogens is 208 g/mol. The molecule has 1 aliphatic heterocycles. The highest BCUT2D eigenvalue weighted by atomic mass is 15.2. The van der Waals surface area contributed by atoms with Crippen LogP contribution in [0.2, 0.25) is 0 Å². The van der Waals surface area contributed by atoms with Crippen LogP contribution in [0, 0.1) is 11.8 Å². The van der Waals surface area contributed by atoms with Gasteiger partial charge in [0.25, 0.3) is 0 Å². The van der Waals surface area contributed by atoms with E-state index in [9.17, 15) is 0 Å². The predicted octanol–water partition coefficient (Wildman–Crippen LogP) is 2.89. The molecule has 1 N–H and O–H groups in total. The second-order valence-corrected chi connectivity index (χ2v) is 6.56. The summed E-state index contributed by atoms with van der Waals surface area (Å²) in [6.07, 6.45) is 8.51. The molecule has 0 bridgehead atoms. The average Bonchev–Trinajstić information content (AvgIpc) is 2.82. The van der Waals surface area contributed by atoms with E-state index in [2.05, 4.69) is 31.1 Å². The first-order valence-corrected chi connectivity index (χ1v) is 7.60. The zero-order valence-electron chi connectivity index (χ0n) is 11.9. The first-order valence-electron chi connectivity index (χ1n) is 7.60. The first-order chi connectivity index (χ1) is 8.16. The summed E-state index contributed by atoms with van der Waals surface area (Å²) in [6, 6.07) is 1.61. The molecule has 2 nitrogen and oxygen atoms in total. The average molecular weight is 238 g/mol. The summed E-state index contributed by atoms with van der Waals surface area (Å²) in [5.41, 5.74) is 0. The van der Waals surface area contributed by atoms with E-state index < -0.39 is 0 Å². The number of hydrogen-bond acceptors (Lipinski definition) is 2. The molecule has 0 radical (unpaired) electrons. The van der Waals surface area contributed by atoms with Crippen LogP contribution in [0.15, 0.2) is 0 Å². The Bertz CT molecular complexity index is 221. The molecule has 17 heavy (non-hydrogen) atoms. The van der Waals surface area contributed by atoms with E-state index in [0.29, 0.717) is 0 Å². The fourth-order valence-electron chi connectivity index (χ4n) is 3.62. The van der Waals surface area contributed by atoms with E-state index in [1.807, 2.05) is 0 Å². The van der Waals surface area contributed by atoms with Crippen molar-refractivity contribution in [2.75, 3.05) is 20.1 Å². The van der Waals surface area contributed by atoms with Crippen molar-refractivity contribution in [3.05, 3.63) is 0 Å². The molecule has 1 saturated heterocycles. The maximum atomic E-state index is 3.62. The molecule has 0 aromatic heterocycles. The van der Waals surface area contributed by atoms with Crippen molar-refractivity contribution in [2.45, 2.75) is 64.5 Å². The fraction of sp³-hybridized carbons (Fsp3) is 1.00. The zero-order chi connectivity index (χ0) is 12.3. The monoisotopic (exact) mass is 238 g/mol. The van der Waals surface area contributed by atoms with Gasteiger partial charge in [-0.1, -0.05) is 26.7 Å². The van der Waals surface area contributed by atoms with Gasteiger partial charge >= 0.3 is 0 Å². The highest BCUT2D eigenvalue weighted by Gasteiger charge is 2.28. The molecular formula is C15H30N2. The van der Waals surface area contributed by atoms with Crippen LogP contribution in [0.1, 0.15) is 52.4 Å². The van der Waals surface area contributed by atoms with Crippen LogP contribution >= 0.6 is 0 Å². The van der Waals surface area contributed by atoms with Crippen molar-refractivity contribution in [2.24, 2.45) is 11.8 Å². The van der Waals surface area contributed by atoms with Crippen LogP contribution in [0.5, 0.6) is 0 Å². The first kappa shape index (κ1) is 13.4. The number of rotatable bonds is 4. The maximum absolute atomic E-state index is 3.62. The third-order valence-corrected chi connectivity index (χ3v) is 4.92. The second-order valence-electron chi connectivity index (χ2n) is 6.56. The lowest BCUT2D eigenvalue weighted by atomic mass is 9.79. The largest absolute Gasteiger partial charge is 0.313 e. The molecule has 100 valence electrons. The second kappa shape index (κ2) is 6.19. The molecule has 2 heteroatoms. The van der Waals surface area contributed by atoms with Gasteiger partial charge in [0.15, 0.2) is 0 Å². The molecule has 0 aromatic rings. The van der Waals surface area contributed by atoms with Crippen molar-refractivity contribution in [3.8, 4) is 0 Å². The van der Waals surface area contributed by atoms with E-state index in [0.717, 1.165) is 23.9 Å². The van der Waals surface area contributed by atoms with Gasteiger partial charge < -0.3 is 10.2 Å². The Balaban J connectivity index is 1.79. The van der Waals surface area contributed by atoms with E-state index >= 15 is 0 Å². The molecule has 2 rings (SSSR count). The maximum Gasteiger partial charge on any atom is 0.0195 e. The Labute approximate surface area is 107 Å². The van der Waals surface area contributed by atoms with Crippen LogP contribution in [-0.4, -0.2) is 37.1 Å². The highest BCUT2D eigenvalue weighted by molar-refractivity contribution is 4.84. The minimum atomic E-state index is 0.763. The van der Waals surface area contributed by atoms with Crippen molar-refractivity contribution in [1.29, 1.82) is 0 Å². The lowest BCUT2D eigenvalue weighted by molar-refractivity contribution is 0.129. The molecule has 3 atom stereocenters. The van der Waals surface area contributed by atoms with Crippen LogP contribution in [0.25, 0.3) is 0 Å². The van der Waals surface area contributed by atoms with Gasteiger partial charge in [0.1, 0.15) is 0 Å². The van der Waals surface area contributed by atoms with Gasteiger partial charge in [-0.2, -0.15) is 0 Å². The van der Waals surface area contributed by atoms with Gasteiger partial charge in [0.2, 0.25) is 0 Å². The van der Waals surface area contributed by atoms with Gasteiger partial charge in [-0.15, -0.1) is 0 Å². The summed E-state index contributed by atoms with van der Waals surface area (Å²) in [7, 11) is 2.34. The predicted molar refractivity (Wildman–Crippen MR) is 74.2 cm³/mol. The van der Waals surface area contributed by atoms with E-state index in [-0.39, 0.29) is 0 Å². The molecule has 1 aliphatic carbocycles. The Hall–Kier alpha value is -0.0800. The third-order valence-electron chi connectivity index (χ3n) is 4.92. The van der Waals surface area contributed by atoms with Crippen LogP contribution in [-0.2, 0) is 0 Å². The van der Waals surface area contributed by atoms with Gasteiger partial charge in [0.05, 0.1) is 0 Å². The van der Waals surface area contributed by atoms with Crippen molar-refractivity contribution >= 4 is 0 Å². The van der Waals surface area contributed by atoms with Gasteiger partial charge in [-0.3, -0.25) is 0 Å². The van der Waals surface area contributed by atoms with Crippen molar-refractivity contribution < 1.29 is 0 Å².